The van der Waals surface area contributed by atoms with Crippen LogP contribution in [-0.2, 0) is 17.8 Å². The largest absolute Gasteiger partial charge is 0.481 e. The minimum atomic E-state index is -1.05. The van der Waals surface area contributed by atoms with Gasteiger partial charge < -0.3 is 9.67 Å². The van der Waals surface area contributed by atoms with Crippen molar-refractivity contribution in [2.75, 3.05) is 0 Å². The van der Waals surface area contributed by atoms with Gasteiger partial charge in [-0.05, 0) is 43.9 Å². The molecule has 1 aromatic heterocycles. The zero-order chi connectivity index (χ0) is 15.1. The van der Waals surface area contributed by atoms with Gasteiger partial charge in [0.2, 0.25) is 0 Å². The Kier molecular flexibility index (Phi) is 3.27. The summed E-state index contributed by atoms with van der Waals surface area (Å²) in [4.78, 5) is 23.4. The quantitative estimate of drug-likeness (QED) is 0.940. The maximum atomic E-state index is 13.5. The Morgan fingerprint density at radius 2 is 2.14 bits per heavy atom. The van der Waals surface area contributed by atoms with Crippen molar-refractivity contribution in [3.63, 3.8) is 0 Å². The molecule has 0 aliphatic heterocycles. The van der Waals surface area contributed by atoms with E-state index in [0.29, 0.717) is 17.1 Å². The smallest absolute Gasteiger partial charge is 0.308 e. The zero-order valence-electron chi connectivity index (χ0n) is 11.7. The first-order valence-electron chi connectivity index (χ1n) is 7.00. The highest BCUT2D eigenvalue weighted by Gasteiger charge is 2.24. The van der Waals surface area contributed by atoms with Crippen molar-refractivity contribution in [1.29, 1.82) is 0 Å². The minimum Gasteiger partial charge on any atom is -0.481 e. The fraction of sp³-hybridized carbons (Fsp3) is 0.375. The molecule has 0 bridgehead atoms. The molecule has 2 aromatic rings. The maximum Gasteiger partial charge on any atom is 0.308 e. The number of hydrogen-bond acceptors (Lipinski definition) is 2. The molecule has 0 spiro atoms. The summed E-state index contributed by atoms with van der Waals surface area (Å²) in [5.74, 6) is -0.969. The van der Waals surface area contributed by atoms with E-state index in [-0.39, 0.29) is 22.8 Å². The van der Waals surface area contributed by atoms with Crippen LogP contribution in [0.15, 0.2) is 23.0 Å². The number of aliphatic carboxylic acids is 1. The van der Waals surface area contributed by atoms with E-state index in [1.165, 1.54) is 12.1 Å². The Hall–Kier alpha value is -2.17. The molecule has 1 aliphatic carbocycles. The van der Waals surface area contributed by atoms with Gasteiger partial charge in [0.25, 0.3) is 0 Å². The van der Waals surface area contributed by atoms with Crippen molar-refractivity contribution in [2.24, 2.45) is 5.92 Å². The minimum absolute atomic E-state index is 0.251. The lowest BCUT2D eigenvalue weighted by molar-refractivity contribution is -0.136. The van der Waals surface area contributed by atoms with Gasteiger partial charge >= 0.3 is 5.97 Å². The van der Waals surface area contributed by atoms with E-state index in [1.54, 1.807) is 13.0 Å². The molecule has 0 atom stereocenters. The molecule has 0 amide bonds. The molecular formula is C16H16FNO3. The molecule has 21 heavy (non-hydrogen) atoms. The number of carbonyl (C=O) groups is 1. The van der Waals surface area contributed by atoms with Gasteiger partial charge in [-0.1, -0.05) is 0 Å². The van der Waals surface area contributed by atoms with Gasteiger partial charge in [0.15, 0.2) is 5.43 Å². The number of halogens is 1. The number of aromatic nitrogens is 1. The second-order valence-corrected chi connectivity index (χ2v) is 5.68. The molecule has 0 radical (unpaired) electrons. The molecule has 3 rings (SSSR count). The number of fused-ring (bicyclic) bond motifs is 1. The van der Waals surface area contributed by atoms with Crippen LogP contribution >= 0.6 is 0 Å². The average Bonchev–Trinajstić information content (AvgIpc) is 3.23. The highest BCUT2D eigenvalue weighted by molar-refractivity contribution is 5.82. The second-order valence-electron chi connectivity index (χ2n) is 5.68. The number of hydrogen-bond donors (Lipinski definition) is 1. The van der Waals surface area contributed by atoms with Crippen LogP contribution in [0.4, 0.5) is 4.39 Å². The fourth-order valence-corrected chi connectivity index (χ4v) is 2.75. The molecule has 110 valence electrons. The number of rotatable bonds is 4. The van der Waals surface area contributed by atoms with Crippen LogP contribution < -0.4 is 5.43 Å². The molecule has 0 saturated heterocycles. The first kappa shape index (κ1) is 13.8. The van der Waals surface area contributed by atoms with Crippen LogP contribution in [0, 0.1) is 18.7 Å². The second kappa shape index (κ2) is 4.98. The van der Waals surface area contributed by atoms with Crippen molar-refractivity contribution < 1.29 is 14.3 Å². The monoisotopic (exact) mass is 289 g/mol. The Labute approximate surface area is 120 Å². The lowest BCUT2D eigenvalue weighted by atomic mass is 10.0. The van der Waals surface area contributed by atoms with Gasteiger partial charge in [-0.3, -0.25) is 9.59 Å². The number of carboxylic acids is 1. The molecule has 1 heterocycles. The van der Waals surface area contributed by atoms with Crippen LogP contribution in [0.25, 0.3) is 10.9 Å². The van der Waals surface area contributed by atoms with Crippen molar-refractivity contribution in [3.05, 3.63) is 45.5 Å². The SMILES string of the molecule is Cc1c(CC(=O)O)c(=O)c2cc(F)ccc2n1CC1CC1. The number of pyridine rings is 1. The van der Waals surface area contributed by atoms with Gasteiger partial charge in [-0.2, -0.15) is 0 Å². The summed E-state index contributed by atoms with van der Waals surface area (Å²) in [6.45, 7) is 2.52. The van der Waals surface area contributed by atoms with Crippen LogP contribution in [0.3, 0.4) is 0 Å². The Balaban J connectivity index is 2.30. The maximum absolute atomic E-state index is 13.5. The first-order chi connectivity index (χ1) is 9.97. The third-order valence-electron chi connectivity index (χ3n) is 4.08. The molecule has 1 fully saturated rings. The summed E-state index contributed by atoms with van der Waals surface area (Å²) in [5.41, 5.74) is 1.23. The lowest BCUT2D eigenvalue weighted by Gasteiger charge is -2.17. The first-order valence-corrected chi connectivity index (χ1v) is 7.00. The molecule has 4 nitrogen and oxygen atoms in total. The van der Waals surface area contributed by atoms with Crippen LogP contribution in [0.2, 0.25) is 0 Å². The predicted octanol–water partition coefficient (Wildman–Crippen LogP) is 2.49. The van der Waals surface area contributed by atoms with Crippen molar-refractivity contribution >= 4 is 16.9 Å². The van der Waals surface area contributed by atoms with Crippen molar-refractivity contribution in [1.82, 2.24) is 4.57 Å². The molecule has 1 aromatic carbocycles. The normalized spacial score (nSPS) is 14.6. The molecule has 1 N–H and O–H groups in total. The fourth-order valence-electron chi connectivity index (χ4n) is 2.75. The summed E-state index contributed by atoms with van der Waals surface area (Å²) in [6.07, 6.45) is 1.95. The molecule has 5 heteroatoms. The van der Waals surface area contributed by atoms with E-state index in [0.717, 1.165) is 19.4 Å². The van der Waals surface area contributed by atoms with E-state index in [2.05, 4.69) is 0 Å². The van der Waals surface area contributed by atoms with Gasteiger partial charge in [0, 0.05) is 23.2 Å². The zero-order valence-corrected chi connectivity index (χ0v) is 11.7. The Morgan fingerprint density at radius 1 is 1.43 bits per heavy atom. The molecule has 1 saturated carbocycles. The van der Waals surface area contributed by atoms with Gasteiger partial charge in [0.1, 0.15) is 5.82 Å². The summed E-state index contributed by atoms with van der Waals surface area (Å²) < 4.78 is 15.4. The van der Waals surface area contributed by atoms with E-state index in [4.69, 9.17) is 5.11 Å². The summed E-state index contributed by atoms with van der Waals surface area (Å²) in [6, 6.07) is 4.14. The topological polar surface area (TPSA) is 59.3 Å². The molecule has 1 aliphatic rings. The lowest BCUT2D eigenvalue weighted by Crippen LogP contribution is -2.22. The summed E-state index contributed by atoms with van der Waals surface area (Å²) in [7, 11) is 0. The van der Waals surface area contributed by atoms with Gasteiger partial charge in [0.05, 0.1) is 11.9 Å². The number of benzene rings is 1. The van der Waals surface area contributed by atoms with Crippen LogP contribution in [-0.4, -0.2) is 15.6 Å². The highest BCUT2D eigenvalue weighted by atomic mass is 19.1. The molecular weight excluding hydrogens is 273 g/mol. The van der Waals surface area contributed by atoms with E-state index >= 15 is 0 Å². The predicted molar refractivity (Wildman–Crippen MR) is 77.0 cm³/mol. The van der Waals surface area contributed by atoms with E-state index in [9.17, 15) is 14.0 Å². The van der Waals surface area contributed by atoms with Crippen LogP contribution in [0.5, 0.6) is 0 Å². The van der Waals surface area contributed by atoms with Gasteiger partial charge in [-0.15, -0.1) is 0 Å². The summed E-state index contributed by atoms with van der Waals surface area (Å²) in [5, 5.41) is 9.27. The Morgan fingerprint density at radius 3 is 2.76 bits per heavy atom. The Bertz CT molecular complexity index is 790. The summed E-state index contributed by atoms with van der Waals surface area (Å²) >= 11 is 0. The average molecular weight is 289 g/mol. The van der Waals surface area contributed by atoms with Crippen LogP contribution in [0.1, 0.15) is 24.1 Å². The van der Waals surface area contributed by atoms with E-state index < -0.39 is 11.8 Å². The van der Waals surface area contributed by atoms with E-state index in [1.807, 2.05) is 4.57 Å². The van der Waals surface area contributed by atoms with Gasteiger partial charge in [-0.25, -0.2) is 4.39 Å². The van der Waals surface area contributed by atoms with Crippen molar-refractivity contribution in [2.45, 2.75) is 32.7 Å². The third-order valence-corrected chi connectivity index (χ3v) is 4.08. The molecule has 0 unspecified atom stereocenters. The standard InChI is InChI=1S/C16H16FNO3/c1-9-12(7-15(19)20)16(21)13-6-11(17)4-5-14(13)18(9)8-10-2-3-10/h4-6,10H,2-3,7-8H2,1H3,(H,19,20). The number of nitrogens with zero attached hydrogens (tertiary/aromatic N) is 1. The highest BCUT2D eigenvalue weighted by Crippen LogP contribution is 2.32. The third kappa shape index (κ3) is 2.55. The van der Waals surface area contributed by atoms with Crippen molar-refractivity contribution in [3.8, 4) is 0 Å². The number of carboxylic acid groups (broad SMARTS) is 1.